The van der Waals surface area contributed by atoms with E-state index in [4.69, 9.17) is 5.11 Å². The summed E-state index contributed by atoms with van der Waals surface area (Å²) in [5, 5.41) is 20.9. The quantitative estimate of drug-likeness (QED) is 0.623. The molecule has 1 saturated carbocycles. The first-order chi connectivity index (χ1) is 6.60. The fourth-order valence-electron chi connectivity index (χ4n) is 2.28. The molecule has 0 aromatic carbocycles. The summed E-state index contributed by atoms with van der Waals surface area (Å²) in [6.45, 7) is 2.43. The molecule has 1 fully saturated rings. The van der Waals surface area contributed by atoms with Crippen molar-refractivity contribution in [2.75, 3.05) is 13.2 Å². The van der Waals surface area contributed by atoms with Gasteiger partial charge in [0.2, 0.25) is 0 Å². The van der Waals surface area contributed by atoms with E-state index >= 15 is 0 Å². The molecule has 4 heteroatoms. The summed E-state index contributed by atoms with van der Waals surface area (Å²) in [4.78, 5) is 11.2. The number of aliphatic hydroxyl groups is 1. The van der Waals surface area contributed by atoms with Gasteiger partial charge in [0.1, 0.15) is 5.54 Å². The number of carbonyl (C=O) groups is 1. The Labute approximate surface area is 84.3 Å². The monoisotopic (exact) mass is 201 g/mol. The summed E-state index contributed by atoms with van der Waals surface area (Å²) in [5.41, 5.74) is -0.791. The highest BCUT2D eigenvalue weighted by Gasteiger charge is 2.41. The maximum atomic E-state index is 11.2. The van der Waals surface area contributed by atoms with E-state index in [-0.39, 0.29) is 6.61 Å². The van der Waals surface area contributed by atoms with Gasteiger partial charge >= 0.3 is 5.97 Å². The molecule has 0 aliphatic heterocycles. The number of hydrogen-bond donors (Lipinski definition) is 3. The van der Waals surface area contributed by atoms with E-state index in [2.05, 4.69) is 12.2 Å². The molecule has 1 aliphatic carbocycles. The van der Waals surface area contributed by atoms with Gasteiger partial charge in [-0.15, -0.1) is 0 Å². The molecule has 0 amide bonds. The molecule has 0 aromatic heterocycles. The number of aliphatic carboxylic acids is 1. The zero-order valence-corrected chi connectivity index (χ0v) is 8.62. The van der Waals surface area contributed by atoms with Gasteiger partial charge in [0, 0.05) is 6.54 Å². The van der Waals surface area contributed by atoms with Gasteiger partial charge in [-0.2, -0.15) is 0 Å². The second-order valence-corrected chi connectivity index (χ2v) is 4.24. The summed E-state index contributed by atoms with van der Waals surface area (Å²) in [6, 6.07) is 0. The van der Waals surface area contributed by atoms with Crippen LogP contribution in [0, 0.1) is 5.92 Å². The molecule has 14 heavy (non-hydrogen) atoms. The molecule has 3 N–H and O–H groups in total. The first-order valence-corrected chi connectivity index (χ1v) is 5.20. The van der Waals surface area contributed by atoms with Crippen molar-refractivity contribution in [2.45, 2.75) is 38.1 Å². The van der Waals surface area contributed by atoms with Gasteiger partial charge in [-0.3, -0.25) is 10.1 Å². The Balaban J connectivity index is 2.65. The molecule has 0 spiro atoms. The van der Waals surface area contributed by atoms with Gasteiger partial charge in [0.05, 0.1) is 6.61 Å². The average Bonchev–Trinajstić information content (AvgIpc) is 2.14. The van der Waals surface area contributed by atoms with Gasteiger partial charge in [-0.1, -0.05) is 19.8 Å². The first kappa shape index (κ1) is 11.5. The van der Waals surface area contributed by atoms with Gasteiger partial charge < -0.3 is 10.2 Å². The van der Waals surface area contributed by atoms with Crippen LogP contribution in [0.3, 0.4) is 0 Å². The Morgan fingerprint density at radius 1 is 1.64 bits per heavy atom. The van der Waals surface area contributed by atoms with Crippen LogP contribution in [0.15, 0.2) is 0 Å². The van der Waals surface area contributed by atoms with Crippen molar-refractivity contribution < 1.29 is 15.0 Å². The molecular weight excluding hydrogens is 182 g/mol. The number of carboxylic acid groups (broad SMARTS) is 1. The molecule has 1 rings (SSSR count). The first-order valence-electron chi connectivity index (χ1n) is 5.20. The third-order valence-corrected chi connectivity index (χ3v) is 2.98. The van der Waals surface area contributed by atoms with Gasteiger partial charge in [0.25, 0.3) is 0 Å². The molecule has 1 aliphatic rings. The summed E-state index contributed by atoms with van der Waals surface area (Å²) < 4.78 is 0. The highest BCUT2D eigenvalue weighted by molar-refractivity contribution is 5.79. The van der Waals surface area contributed by atoms with E-state index in [0.717, 1.165) is 12.8 Å². The number of β-amino-alcohol motifs (C(OH)–C–C–N with tert-alkyl or cyclic N) is 1. The molecule has 82 valence electrons. The largest absolute Gasteiger partial charge is 0.480 e. The predicted octanol–water partition coefficient (Wildman–Crippen LogP) is 0.602. The fourth-order valence-corrected chi connectivity index (χ4v) is 2.28. The standard InChI is InChI=1S/C10H19NO3/c1-8-3-2-4-10(7-8,9(13)14)11-5-6-12/h8,11-12H,2-7H2,1H3,(H,13,14). The Bertz CT molecular complexity index is 208. The zero-order chi connectivity index (χ0) is 10.6. The summed E-state index contributed by atoms with van der Waals surface area (Å²) in [6.07, 6.45) is 3.40. The summed E-state index contributed by atoms with van der Waals surface area (Å²) in [5.74, 6) is -0.330. The van der Waals surface area contributed by atoms with Gasteiger partial charge in [-0.05, 0) is 18.8 Å². The second-order valence-electron chi connectivity index (χ2n) is 4.24. The summed E-state index contributed by atoms with van der Waals surface area (Å²) >= 11 is 0. The average molecular weight is 201 g/mol. The number of nitrogens with one attached hydrogen (secondary N) is 1. The minimum Gasteiger partial charge on any atom is -0.480 e. The lowest BCUT2D eigenvalue weighted by Crippen LogP contribution is -2.55. The SMILES string of the molecule is CC1CCCC(NCCO)(C(=O)O)C1. The van der Waals surface area contributed by atoms with Crippen LogP contribution >= 0.6 is 0 Å². The Morgan fingerprint density at radius 3 is 2.86 bits per heavy atom. The Morgan fingerprint density at radius 2 is 2.36 bits per heavy atom. The number of aliphatic hydroxyl groups excluding tert-OH is 1. The molecule has 0 bridgehead atoms. The van der Waals surface area contributed by atoms with E-state index < -0.39 is 11.5 Å². The maximum absolute atomic E-state index is 11.2. The minimum absolute atomic E-state index is 0.0105. The second kappa shape index (κ2) is 4.75. The molecule has 2 unspecified atom stereocenters. The van der Waals surface area contributed by atoms with Crippen LogP contribution < -0.4 is 5.32 Å². The van der Waals surface area contributed by atoms with Crippen LogP contribution in [0.1, 0.15) is 32.6 Å². The maximum Gasteiger partial charge on any atom is 0.323 e. The number of hydrogen-bond acceptors (Lipinski definition) is 3. The lowest BCUT2D eigenvalue weighted by molar-refractivity contribution is -0.147. The highest BCUT2D eigenvalue weighted by atomic mass is 16.4. The van der Waals surface area contributed by atoms with E-state index in [1.807, 2.05) is 0 Å². The van der Waals surface area contributed by atoms with Crippen LogP contribution in [0.5, 0.6) is 0 Å². The number of rotatable bonds is 4. The van der Waals surface area contributed by atoms with Crippen molar-refractivity contribution >= 4 is 5.97 Å². The van der Waals surface area contributed by atoms with Crippen LogP contribution in [0.25, 0.3) is 0 Å². The molecular formula is C10H19NO3. The molecule has 0 saturated heterocycles. The van der Waals surface area contributed by atoms with Crippen LogP contribution in [-0.2, 0) is 4.79 Å². The van der Waals surface area contributed by atoms with Crippen molar-refractivity contribution in [2.24, 2.45) is 5.92 Å². The molecule has 0 radical (unpaired) electrons. The zero-order valence-electron chi connectivity index (χ0n) is 8.62. The third-order valence-electron chi connectivity index (χ3n) is 2.98. The van der Waals surface area contributed by atoms with Crippen LogP contribution in [0.2, 0.25) is 0 Å². The topological polar surface area (TPSA) is 69.6 Å². The van der Waals surface area contributed by atoms with Crippen molar-refractivity contribution in [1.29, 1.82) is 0 Å². The van der Waals surface area contributed by atoms with Crippen molar-refractivity contribution in [3.8, 4) is 0 Å². The minimum atomic E-state index is -0.791. The van der Waals surface area contributed by atoms with Crippen LogP contribution in [-0.4, -0.2) is 34.9 Å². The smallest absolute Gasteiger partial charge is 0.323 e. The van der Waals surface area contributed by atoms with Crippen LogP contribution in [0.4, 0.5) is 0 Å². The lowest BCUT2D eigenvalue weighted by Gasteiger charge is -2.37. The molecule has 4 nitrogen and oxygen atoms in total. The molecule has 0 heterocycles. The van der Waals surface area contributed by atoms with Gasteiger partial charge in [-0.25, -0.2) is 0 Å². The lowest BCUT2D eigenvalue weighted by atomic mass is 9.76. The van der Waals surface area contributed by atoms with E-state index in [9.17, 15) is 9.90 Å². The fraction of sp³-hybridized carbons (Fsp3) is 0.900. The predicted molar refractivity (Wildman–Crippen MR) is 53.1 cm³/mol. The molecule has 0 aromatic rings. The van der Waals surface area contributed by atoms with Crippen molar-refractivity contribution in [3.63, 3.8) is 0 Å². The van der Waals surface area contributed by atoms with E-state index in [1.165, 1.54) is 0 Å². The van der Waals surface area contributed by atoms with Crippen molar-refractivity contribution in [1.82, 2.24) is 5.32 Å². The number of carboxylic acids is 1. The Kier molecular flexibility index (Phi) is 3.89. The highest BCUT2D eigenvalue weighted by Crippen LogP contribution is 2.32. The Hall–Kier alpha value is -0.610. The normalized spacial score (nSPS) is 32.9. The molecule has 2 atom stereocenters. The third kappa shape index (κ3) is 2.45. The van der Waals surface area contributed by atoms with E-state index in [1.54, 1.807) is 0 Å². The van der Waals surface area contributed by atoms with E-state index in [0.29, 0.717) is 25.3 Å². The van der Waals surface area contributed by atoms with Gasteiger partial charge in [0.15, 0.2) is 0 Å². The summed E-state index contributed by atoms with van der Waals surface area (Å²) in [7, 11) is 0. The van der Waals surface area contributed by atoms with Crippen molar-refractivity contribution in [3.05, 3.63) is 0 Å².